The summed E-state index contributed by atoms with van der Waals surface area (Å²) >= 11 is 1.80. The highest BCUT2D eigenvalue weighted by molar-refractivity contribution is 14.1. The fourth-order valence-electron chi connectivity index (χ4n) is 2.49. The number of unbranched alkanes of at least 4 members (excludes halogenated alkanes) is 6. The molecule has 0 aromatic carbocycles. The first-order chi connectivity index (χ1) is 15.3. The Morgan fingerprint density at radius 1 is 1.03 bits per heavy atom. The lowest BCUT2D eigenvalue weighted by Gasteiger charge is -2.26. The van der Waals surface area contributed by atoms with Gasteiger partial charge in [-0.05, 0) is 16.8 Å². The number of nitrogens with two attached hydrogens (primary N) is 3. The van der Waals surface area contributed by atoms with Gasteiger partial charge in [0.1, 0.15) is 0 Å². The van der Waals surface area contributed by atoms with Gasteiger partial charge in [0.2, 0.25) is 11.6 Å². The number of rotatable bonds is 15. The van der Waals surface area contributed by atoms with Crippen LogP contribution in [-0.4, -0.2) is 42.8 Å². The van der Waals surface area contributed by atoms with Crippen LogP contribution in [0.25, 0.3) is 0 Å². The van der Waals surface area contributed by atoms with E-state index in [0.717, 1.165) is 25.7 Å². The number of alkyl carbamates (subject to hydrolysis) is 1. The summed E-state index contributed by atoms with van der Waals surface area (Å²) in [4.78, 5) is 38.0. The lowest BCUT2D eigenvalue weighted by Crippen LogP contribution is -2.56. The average molecular weight is 565 g/mol. The van der Waals surface area contributed by atoms with Crippen LogP contribution in [0, 0.1) is 9.85 Å². The quantitative estimate of drug-likeness (QED) is 0.0499. The first-order valence-electron chi connectivity index (χ1n) is 10.7. The molecule has 1 atom stereocenters. The van der Waals surface area contributed by atoms with Crippen molar-refractivity contribution in [1.82, 2.24) is 10.8 Å². The molecule has 8 N–H and O–H groups in total. The summed E-state index contributed by atoms with van der Waals surface area (Å²) in [6.45, 7) is 4.73. The Morgan fingerprint density at radius 2 is 1.69 bits per heavy atom. The Balaban J connectivity index is 5.36. The normalized spacial score (nSPS) is 12.7. The molecule has 0 aliphatic heterocycles. The molecule has 0 fully saturated rings. The smallest absolute Gasteiger partial charge is 0.409 e. The Morgan fingerprint density at radius 3 is 2.31 bits per heavy atom. The number of guanidine groups is 2. The molecule has 0 heterocycles. The third-order valence-corrected chi connectivity index (χ3v) is 4.52. The number of carbonyl (C=O) groups excluding carboxylic acids is 2. The zero-order chi connectivity index (χ0) is 24.2. The molecule has 12 heteroatoms. The van der Waals surface area contributed by atoms with Crippen molar-refractivity contribution < 1.29 is 19.2 Å². The van der Waals surface area contributed by atoms with Gasteiger partial charge in [0.05, 0.1) is 13.0 Å². The molecule has 0 aromatic rings. The number of amides is 1. The third kappa shape index (κ3) is 13.9. The Bertz CT molecular complexity index is 687. The second-order valence-corrected chi connectivity index (χ2v) is 7.52. The van der Waals surface area contributed by atoms with Gasteiger partial charge in [0.25, 0.3) is 0 Å². The number of hydrogen-bond acceptors (Lipinski definition) is 6. The van der Waals surface area contributed by atoms with E-state index in [1.807, 2.05) is 6.92 Å². The summed E-state index contributed by atoms with van der Waals surface area (Å²) in [6, 6.07) is 0. The molecule has 32 heavy (non-hydrogen) atoms. The van der Waals surface area contributed by atoms with Crippen molar-refractivity contribution in [2.75, 3.05) is 13.2 Å². The molecule has 0 saturated heterocycles. The molecule has 182 valence electrons. The van der Waals surface area contributed by atoms with Crippen LogP contribution in [0.4, 0.5) is 4.79 Å². The average Bonchev–Trinajstić information content (AvgIpc) is 2.73. The van der Waals surface area contributed by atoms with Gasteiger partial charge in [-0.1, -0.05) is 58.3 Å². The molecule has 0 spiro atoms. The first kappa shape index (κ1) is 29.7. The summed E-state index contributed by atoms with van der Waals surface area (Å²) in [7, 11) is 0. The standard InChI is InChI=1S/C20H36IN7O4/c1-3-5-7-8-9-10-14-25-32-16(29)20(12-11-13-21,27-18(24)26-17(22)23)28-19(30)31-15-6-4-2/h25H,3-10,12,14-15H2,1-2H3,(H,28,30)(H6,22,23,24,26,27). The van der Waals surface area contributed by atoms with Crippen molar-refractivity contribution in [1.29, 1.82) is 0 Å². The number of aliphatic imine (C=N–C) groups is 2. The summed E-state index contributed by atoms with van der Waals surface area (Å²) in [5, 5.41) is 2.40. The largest absolute Gasteiger partial charge is 0.450 e. The first-order valence-corrected chi connectivity index (χ1v) is 11.8. The summed E-state index contributed by atoms with van der Waals surface area (Å²) < 4.78 is 7.72. The summed E-state index contributed by atoms with van der Waals surface area (Å²) in [5.74, 6) is 0.979. The monoisotopic (exact) mass is 565 g/mol. The second kappa shape index (κ2) is 18.3. The number of halogens is 1. The second-order valence-electron chi connectivity index (χ2n) is 6.98. The van der Waals surface area contributed by atoms with Crippen LogP contribution in [0.5, 0.6) is 0 Å². The molecule has 0 aliphatic rings. The van der Waals surface area contributed by atoms with Crippen LogP contribution in [0.15, 0.2) is 9.98 Å². The van der Waals surface area contributed by atoms with Gasteiger partial charge in [-0.15, -0.1) is 0 Å². The fourth-order valence-corrected chi connectivity index (χ4v) is 2.68. The molecular weight excluding hydrogens is 529 g/mol. The van der Waals surface area contributed by atoms with Crippen LogP contribution in [-0.2, 0) is 14.4 Å². The molecule has 0 saturated carbocycles. The Labute approximate surface area is 203 Å². The van der Waals surface area contributed by atoms with Gasteiger partial charge in [-0.2, -0.15) is 10.5 Å². The topological polar surface area (TPSA) is 179 Å². The van der Waals surface area contributed by atoms with Gasteiger partial charge < -0.3 is 26.8 Å². The van der Waals surface area contributed by atoms with Gasteiger partial charge in [-0.3, -0.25) is 5.32 Å². The van der Waals surface area contributed by atoms with Crippen molar-refractivity contribution >= 4 is 46.6 Å². The number of nitrogens with zero attached hydrogens (tertiary/aromatic N) is 2. The van der Waals surface area contributed by atoms with E-state index >= 15 is 0 Å². The highest BCUT2D eigenvalue weighted by Gasteiger charge is 2.43. The van der Waals surface area contributed by atoms with Crippen molar-refractivity contribution in [2.24, 2.45) is 27.2 Å². The minimum Gasteiger partial charge on any atom is -0.450 e. The van der Waals surface area contributed by atoms with Crippen LogP contribution in [0.1, 0.15) is 71.6 Å². The Hall–Kier alpha value is -2.27. The molecule has 11 nitrogen and oxygen atoms in total. The number of carbonyl (C=O) groups is 2. The predicted molar refractivity (Wildman–Crippen MR) is 133 cm³/mol. The zero-order valence-electron chi connectivity index (χ0n) is 18.9. The molecule has 0 aromatic heterocycles. The van der Waals surface area contributed by atoms with E-state index in [-0.39, 0.29) is 19.0 Å². The molecule has 0 rings (SSSR count). The number of nitrogens with one attached hydrogen (secondary N) is 2. The maximum atomic E-state index is 12.9. The fraction of sp³-hybridized carbons (Fsp3) is 0.700. The van der Waals surface area contributed by atoms with Crippen LogP contribution < -0.4 is 28.0 Å². The lowest BCUT2D eigenvalue weighted by atomic mass is 10.1. The van der Waals surface area contributed by atoms with E-state index in [9.17, 15) is 9.59 Å². The van der Waals surface area contributed by atoms with Crippen molar-refractivity contribution in [3.8, 4) is 9.85 Å². The van der Waals surface area contributed by atoms with Crippen LogP contribution >= 0.6 is 22.6 Å². The third-order valence-electron chi connectivity index (χ3n) is 4.13. The van der Waals surface area contributed by atoms with Crippen molar-refractivity contribution in [3.63, 3.8) is 0 Å². The number of ether oxygens (including phenoxy) is 1. The molecular formula is C20H36IN7O4. The summed E-state index contributed by atoms with van der Waals surface area (Å²) in [6.07, 6.45) is 6.89. The summed E-state index contributed by atoms with van der Waals surface area (Å²) in [5.41, 5.74) is 17.0. The maximum Gasteiger partial charge on any atom is 0.409 e. The van der Waals surface area contributed by atoms with E-state index < -0.39 is 23.7 Å². The van der Waals surface area contributed by atoms with Gasteiger partial charge >= 0.3 is 12.1 Å². The molecule has 0 aliphatic carbocycles. The molecule has 1 amide bonds. The zero-order valence-corrected chi connectivity index (χ0v) is 21.1. The Kier molecular flexibility index (Phi) is 17.0. The van der Waals surface area contributed by atoms with Gasteiger partial charge in [0, 0.05) is 29.1 Å². The number of hydroxylamine groups is 1. The SMILES string of the molecule is CCCCCCCCNOC(=O)C(CC#CI)(N=C(N)N=C(N)N)NC(=O)OCCCC. The number of hydrogen-bond donors (Lipinski definition) is 5. The minimum atomic E-state index is -2.00. The molecule has 0 bridgehead atoms. The minimum absolute atomic E-state index is 0.175. The van der Waals surface area contributed by atoms with Gasteiger partial charge in [-0.25, -0.2) is 14.6 Å². The van der Waals surface area contributed by atoms with E-state index in [2.05, 4.69) is 37.6 Å². The van der Waals surface area contributed by atoms with Crippen molar-refractivity contribution in [3.05, 3.63) is 0 Å². The maximum absolute atomic E-state index is 12.9. The van der Waals surface area contributed by atoms with Gasteiger partial charge in [0.15, 0.2) is 5.96 Å². The van der Waals surface area contributed by atoms with E-state index in [4.69, 9.17) is 26.8 Å². The van der Waals surface area contributed by atoms with Crippen molar-refractivity contribution in [2.45, 2.75) is 77.3 Å². The molecule has 0 radical (unpaired) electrons. The highest BCUT2D eigenvalue weighted by Crippen LogP contribution is 2.16. The highest BCUT2D eigenvalue weighted by atomic mass is 127. The predicted octanol–water partition coefficient (Wildman–Crippen LogP) is 1.99. The molecule has 1 unspecified atom stereocenters. The van der Waals surface area contributed by atoms with E-state index in [1.54, 1.807) is 22.6 Å². The van der Waals surface area contributed by atoms with E-state index in [1.165, 1.54) is 19.3 Å². The lowest BCUT2D eigenvalue weighted by molar-refractivity contribution is -0.158. The van der Waals surface area contributed by atoms with Crippen LogP contribution in [0.3, 0.4) is 0 Å². The van der Waals surface area contributed by atoms with Crippen LogP contribution in [0.2, 0.25) is 0 Å². The van der Waals surface area contributed by atoms with E-state index in [0.29, 0.717) is 13.0 Å².